The molecule has 0 bridgehead atoms. The standard InChI is InChI=1S/C13H17BrFNO2/c1-9(2)16(7-3-6-14)13(18)11-5-4-10(17)8-12(11)15/h4-5,8-9,17H,3,6-7H2,1-2H3. The molecular weight excluding hydrogens is 301 g/mol. The van der Waals surface area contributed by atoms with Gasteiger partial charge in [0.15, 0.2) is 0 Å². The Morgan fingerprint density at radius 3 is 2.67 bits per heavy atom. The molecular formula is C13H17BrFNO2. The highest BCUT2D eigenvalue weighted by atomic mass is 79.9. The first-order valence-corrected chi connectivity index (χ1v) is 6.95. The number of benzene rings is 1. The molecule has 0 aromatic heterocycles. The molecule has 3 nitrogen and oxygen atoms in total. The van der Waals surface area contributed by atoms with Gasteiger partial charge >= 0.3 is 0 Å². The summed E-state index contributed by atoms with van der Waals surface area (Å²) in [6.07, 6.45) is 0.809. The van der Waals surface area contributed by atoms with Crippen LogP contribution in [0.1, 0.15) is 30.6 Å². The Bertz CT molecular complexity index is 423. The Morgan fingerprint density at radius 1 is 1.50 bits per heavy atom. The van der Waals surface area contributed by atoms with Gasteiger partial charge in [-0.2, -0.15) is 0 Å². The molecule has 5 heteroatoms. The molecule has 1 amide bonds. The van der Waals surface area contributed by atoms with Gasteiger partial charge in [-0.15, -0.1) is 0 Å². The van der Waals surface area contributed by atoms with Gasteiger partial charge in [-0.3, -0.25) is 4.79 Å². The van der Waals surface area contributed by atoms with Gasteiger partial charge in [0.25, 0.3) is 5.91 Å². The van der Waals surface area contributed by atoms with Crippen LogP contribution < -0.4 is 0 Å². The normalized spacial score (nSPS) is 10.7. The molecule has 0 aliphatic rings. The van der Waals surface area contributed by atoms with Gasteiger partial charge in [-0.1, -0.05) is 15.9 Å². The molecule has 1 N–H and O–H groups in total. The average Bonchev–Trinajstić information content (AvgIpc) is 2.28. The number of nitrogens with zero attached hydrogens (tertiary/aromatic N) is 1. The second-order valence-corrected chi connectivity index (χ2v) is 5.09. The molecule has 0 aliphatic carbocycles. The molecule has 0 radical (unpaired) electrons. The van der Waals surface area contributed by atoms with Crippen LogP contribution in [0.4, 0.5) is 4.39 Å². The van der Waals surface area contributed by atoms with Crippen molar-refractivity contribution in [3.8, 4) is 5.75 Å². The topological polar surface area (TPSA) is 40.5 Å². The molecule has 100 valence electrons. The Hall–Kier alpha value is -1.10. The van der Waals surface area contributed by atoms with Gasteiger partial charge in [-0.25, -0.2) is 4.39 Å². The van der Waals surface area contributed by atoms with Crippen LogP contribution >= 0.6 is 15.9 Å². The minimum atomic E-state index is -0.690. The van der Waals surface area contributed by atoms with Gasteiger partial charge in [-0.05, 0) is 32.4 Å². The van der Waals surface area contributed by atoms with Crippen molar-refractivity contribution < 1.29 is 14.3 Å². The third-order valence-electron chi connectivity index (χ3n) is 2.60. The van der Waals surface area contributed by atoms with Crippen molar-refractivity contribution in [1.82, 2.24) is 4.90 Å². The van der Waals surface area contributed by atoms with E-state index in [-0.39, 0.29) is 23.3 Å². The summed E-state index contributed by atoms with van der Waals surface area (Å²) in [5.41, 5.74) is -0.00364. The molecule has 0 unspecified atom stereocenters. The zero-order valence-electron chi connectivity index (χ0n) is 10.5. The van der Waals surface area contributed by atoms with Crippen molar-refractivity contribution in [2.24, 2.45) is 0 Å². The summed E-state index contributed by atoms with van der Waals surface area (Å²) >= 11 is 3.31. The summed E-state index contributed by atoms with van der Waals surface area (Å²) in [6.45, 7) is 4.36. The maximum Gasteiger partial charge on any atom is 0.257 e. The first kappa shape index (κ1) is 15.0. The van der Waals surface area contributed by atoms with Crippen LogP contribution in [0.15, 0.2) is 18.2 Å². The van der Waals surface area contributed by atoms with Crippen LogP contribution in [-0.2, 0) is 0 Å². The van der Waals surface area contributed by atoms with Gasteiger partial charge in [0.1, 0.15) is 11.6 Å². The molecule has 0 fully saturated rings. The number of rotatable bonds is 5. The number of carbonyl (C=O) groups excluding carboxylic acids is 1. The minimum absolute atomic E-state index is 0.00364. The lowest BCUT2D eigenvalue weighted by atomic mass is 10.1. The summed E-state index contributed by atoms with van der Waals surface area (Å²) in [7, 11) is 0. The SMILES string of the molecule is CC(C)N(CCCBr)C(=O)c1ccc(O)cc1F. The highest BCUT2D eigenvalue weighted by Gasteiger charge is 2.21. The zero-order valence-corrected chi connectivity index (χ0v) is 12.1. The van der Waals surface area contributed by atoms with Crippen molar-refractivity contribution in [3.05, 3.63) is 29.6 Å². The molecule has 0 spiro atoms. The highest BCUT2D eigenvalue weighted by Crippen LogP contribution is 2.18. The van der Waals surface area contributed by atoms with Crippen molar-refractivity contribution in [3.63, 3.8) is 0 Å². The largest absolute Gasteiger partial charge is 0.508 e. The molecule has 1 aromatic rings. The van der Waals surface area contributed by atoms with E-state index >= 15 is 0 Å². The van der Waals surface area contributed by atoms with Crippen molar-refractivity contribution >= 4 is 21.8 Å². The monoisotopic (exact) mass is 317 g/mol. The second-order valence-electron chi connectivity index (χ2n) is 4.30. The van der Waals surface area contributed by atoms with Crippen LogP contribution in [0.5, 0.6) is 5.75 Å². The molecule has 0 aliphatic heterocycles. The summed E-state index contributed by atoms with van der Waals surface area (Å²) in [5.74, 6) is -1.21. The molecule has 0 saturated heterocycles. The van der Waals surface area contributed by atoms with Crippen LogP contribution in [0.2, 0.25) is 0 Å². The molecule has 0 saturated carbocycles. The lowest BCUT2D eigenvalue weighted by Crippen LogP contribution is -2.38. The summed E-state index contributed by atoms with van der Waals surface area (Å²) < 4.78 is 13.6. The maximum atomic E-state index is 13.6. The smallest absolute Gasteiger partial charge is 0.257 e. The van der Waals surface area contributed by atoms with E-state index in [1.165, 1.54) is 12.1 Å². The van der Waals surface area contributed by atoms with E-state index in [0.29, 0.717) is 6.54 Å². The number of alkyl halides is 1. The van der Waals surface area contributed by atoms with E-state index in [1.807, 2.05) is 13.8 Å². The molecule has 18 heavy (non-hydrogen) atoms. The fourth-order valence-corrected chi connectivity index (χ4v) is 1.91. The predicted molar refractivity (Wildman–Crippen MR) is 72.6 cm³/mol. The number of aromatic hydroxyl groups is 1. The number of phenols is 1. The van der Waals surface area contributed by atoms with E-state index in [1.54, 1.807) is 4.90 Å². The zero-order chi connectivity index (χ0) is 13.7. The van der Waals surface area contributed by atoms with Gasteiger partial charge in [0.2, 0.25) is 0 Å². The lowest BCUT2D eigenvalue weighted by Gasteiger charge is -2.26. The number of carbonyl (C=O) groups is 1. The lowest BCUT2D eigenvalue weighted by molar-refractivity contribution is 0.0702. The average molecular weight is 318 g/mol. The van der Waals surface area contributed by atoms with Crippen LogP contribution in [0.3, 0.4) is 0 Å². The fourth-order valence-electron chi connectivity index (χ4n) is 1.66. The Morgan fingerprint density at radius 2 is 2.17 bits per heavy atom. The summed E-state index contributed by atoms with van der Waals surface area (Å²) in [6, 6.07) is 3.59. The molecule has 0 atom stereocenters. The first-order chi connectivity index (χ1) is 8.47. The van der Waals surface area contributed by atoms with Crippen LogP contribution in [-0.4, -0.2) is 33.8 Å². The fraction of sp³-hybridized carbons (Fsp3) is 0.462. The first-order valence-electron chi connectivity index (χ1n) is 5.82. The Balaban J connectivity index is 2.94. The van der Waals surface area contributed by atoms with E-state index in [4.69, 9.17) is 5.11 Å². The Labute approximate surface area is 115 Å². The van der Waals surface area contributed by atoms with Crippen molar-refractivity contribution in [2.45, 2.75) is 26.3 Å². The van der Waals surface area contributed by atoms with E-state index < -0.39 is 5.82 Å². The summed E-state index contributed by atoms with van der Waals surface area (Å²) in [5, 5.41) is 9.93. The number of phenolic OH excluding ortho intramolecular Hbond substituents is 1. The maximum absolute atomic E-state index is 13.6. The number of halogens is 2. The number of hydrogen-bond donors (Lipinski definition) is 1. The quantitative estimate of drug-likeness (QED) is 0.847. The number of hydrogen-bond acceptors (Lipinski definition) is 2. The Kier molecular flexibility index (Phi) is 5.59. The van der Waals surface area contributed by atoms with Gasteiger partial charge in [0.05, 0.1) is 5.56 Å². The van der Waals surface area contributed by atoms with E-state index in [2.05, 4.69) is 15.9 Å². The minimum Gasteiger partial charge on any atom is -0.508 e. The molecule has 1 aromatic carbocycles. The number of amides is 1. The van der Waals surface area contributed by atoms with Crippen molar-refractivity contribution in [2.75, 3.05) is 11.9 Å². The van der Waals surface area contributed by atoms with E-state index in [9.17, 15) is 9.18 Å². The van der Waals surface area contributed by atoms with Gasteiger partial charge < -0.3 is 10.0 Å². The highest BCUT2D eigenvalue weighted by molar-refractivity contribution is 9.09. The van der Waals surface area contributed by atoms with Gasteiger partial charge in [0, 0.05) is 24.0 Å². The third-order valence-corrected chi connectivity index (χ3v) is 3.16. The molecule has 1 rings (SSSR count). The van der Waals surface area contributed by atoms with E-state index in [0.717, 1.165) is 17.8 Å². The van der Waals surface area contributed by atoms with Crippen molar-refractivity contribution in [1.29, 1.82) is 0 Å². The predicted octanol–water partition coefficient (Wildman–Crippen LogP) is 3.17. The third kappa shape index (κ3) is 3.70. The van der Waals surface area contributed by atoms with Crippen LogP contribution in [0, 0.1) is 5.82 Å². The molecule has 0 heterocycles. The second kappa shape index (κ2) is 6.73. The summed E-state index contributed by atoms with van der Waals surface area (Å²) in [4.78, 5) is 13.8. The van der Waals surface area contributed by atoms with Crippen LogP contribution in [0.25, 0.3) is 0 Å².